The standard InChI is InChI=1S/C15H22ClN3/c1-18-13-4-5-14(18)10-19(7-6-13)15-8-12(16)3-2-11(15)9-17/h2-3,8,13-14H,4-7,9-10,17H2,1H3. The first-order chi connectivity index (χ1) is 9.19. The van der Waals surface area contributed by atoms with Gasteiger partial charge in [-0.1, -0.05) is 17.7 Å². The molecule has 3 rings (SSSR count). The van der Waals surface area contributed by atoms with Crippen LogP contribution in [0.4, 0.5) is 5.69 Å². The van der Waals surface area contributed by atoms with E-state index in [0.717, 1.165) is 24.2 Å². The summed E-state index contributed by atoms with van der Waals surface area (Å²) in [7, 11) is 2.27. The molecule has 0 amide bonds. The van der Waals surface area contributed by atoms with Crippen molar-refractivity contribution >= 4 is 17.3 Å². The SMILES string of the molecule is CN1C2CCC1CN(c1cc(Cl)ccc1CN)CC2. The van der Waals surface area contributed by atoms with Gasteiger partial charge in [-0.25, -0.2) is 0 Å². The summed E-state index contributed by atoms with van der Waals surface area (Å²) in [5.41, 5.74) is 8.30. The zero-order valence-corrected chi connectivity index (χ0v) is 12.2. The molecule has 3 nitrogen and oxygen atoms in total. The lowest BCUT2D eigenvalue weighted by atomic mass is 10.1. The number of fused-ring (bicyclic) bond motifs is 2. The van der Waals surface area contributed by atoms with E-state index < -0.39 is 0 Å². The minimum absolute atomic E-state index is 0.576. The Morgan fingerprint density at radius 1 is 1.26 bits per heavy atom. The van der Waals surface area contributed by atoms with Crippen molar-refractivity contribution in [3.63, 3.8) is 0 Å². The van der Waals surface area contributed by atoms with Crippen LogP contribution in [-0.4, -0.2) is 37.1 Å². The summed E-state index contributed by atoms with van der Waals surface area (Å²) >= 11 is 6.16. The Hall–Kier alpha value is -0.770. The molecule has 0 aliphatic carbocycles. The van der Waals surface area contributed by atoms with Crippen molar-refractivity contribution < 1.29 is 0 Å². The molecule has 0 radical (unpaired) electrons. The molecule has 2 aliphatic heterocycles. The van der Waals surface area contributed by atoms with Gasteiger partial charge in [0.1, 0.15) is 0 Å². The molecular formula is C15H22ClN3. The number of hydrogen-bond acceptors (Lipinski definition) is 3. The minimum atomic E-state index is 0.576. The summed E-state index contributed by atoms with van der Waals surface area (Å²) in [6.45, 7) is 2.78. The summed E-state index contributed by atoms with van der Waals surface area (Å²) in [5, 5.41) is 0.801. The summed E-state index contributed by atoms with van der Waals surface area (Å²) in [6.07, 6.45) is 3.91. The van der Waals surface area contributed by atoms with Gasteiger partial charge in [0.25, 0.3) is 0 Å². The van der Waals surface area contributed by atoms with Crippen molar-refractivity contribution in [1.29, 1.82) is 0 Å². The van der Waals surface area contributed by atoms with Gasteiger partial charge in [0.05, 0.1) is 0 Å². The molecule has 0 spiro atoms. The van der Waals surface area contributed by atoms with Crippen molar-refractivity contribution in [2.24, 2.45) is 5.73 Å². The first-order valence-electron chi connectivity index (χ1n) is 7.14. The van der Waals surface area contributed by atoms with Gasteiger partial charge < -0.3 is 10.6 Å². The number of rotatable bonds is 2. The predicted octanol–water partition coefficient (Wildman–Crippen LogP) is 2.47. The molecule has 2 heterocycles. The summed E-state index contributed by atoms with van der Waals surface area (Å²) < 4.78 is 0. The molecule has 2 unspecified atom stereocenters. The summed E-state index contributed by atoms with van der Waals surface area (Å²) in [4.78, 5) is 5.04. The van der Waals surface area contributed by atoms with E-state index in [9.17, 15) is 0 Å². The maximum absolute atomic E-state index is 6.16. The maximum atomic E-state index is 6.16. The molecule has 1 aromatic rings. The number of likely N-dealkylation sites (N-methyl/N-ethyl adjacent to an activating group) is 1. The van der Waals surface area contributed by atoms with Crippen LogP contribution in [0.1, 0.15) is 24.8 Å². The first kappa shape index (κ1) is 13.2. The van der Waals surface area contributed by atoms with E-state index in [1.165, 1.54) is 30.5 Å². The third-order valence-electron chi connectivity index (χ3n) is 4.76. The van der Waals surface area contributed by atoms with Gasteiger partial charge in [0.2, 0.25) is 0 Å². The molecule has 2 aliphatic rings. The van der Waals surface area contributed by atoms with Gasteiger partial charge in [-0.05, 0) is 44.0 Å². The highest BCUT2D eigenvalue weighted by Gasteiger charge is 2.34. The first-order valence-corrected chi connectivity index (χ1v) is 7.52. The Labute approximate surface area is 120 Å². The van der Waals surface area contributed by atoms with Crippen molar-refractivity contribution in [3.05, 3.63) is 28.8 Å². The zero-order chi connectivity index (χ0) is 13.4. The van der Waals surface area contributed by atoms with Crippen LogP contribution in [0.3, 0.4) is 0 Å². The fourth-order valence-corrected chi connectivity index (χ4v) is 3.70. The molecule has 2 saturated heterocycles. The average molecular weight is 280 g/mol. The van der Waals surface area contributed by atoms with Crippen LogP contribution in [0.25, 0.3) is 0 Å². The monoisotopic (exact) mass is 279 g/mol. The van der Waals surface area contributed by atoms with Crippen LogP contribution in [0, 0.1) is 0 Å². The summed E-state index contributed by atoms with van der Waals surface area (Å²) in [6, 6.07) is 7.50. The second-order valence-corrected chi connectivity index (χ2v) is 6.20. The molecule has 19 heavy (non-hydrogen) atoms. The Kier molecular flexibility index (Phi) is 3.70. The van der Waals surface area contributed by atoms with E-state index in [0.29, 0.717) is 12.6 Å². The molecule has 2 atom stereocenters. The number of halogens is 1. The normalized spacial score (nSPS) is 27.6. The highest BCUT2D eigenvalue weighted by molar-refractivity contribution is 6.30. The molecular weight excluding hydrogens is 258 g/mol. The predicted molar refractivity (Wildman–Crippen MR) is 80.7 cm³/mol. The number of anilines is 1. The molecule has 0 aromatic heterocycles. The fraction of sp³-hybridized carbons (Fsp3) is 0.600. The lowest BCUT2D eigenvalue weighted by Gasteiger charge is -2.29. The fourth-order valence-electron chi connectivity index (χ4n) is 3.53. The van der Waals surface area contributed by atoms with Crippen molar-refractivity contribution in [3.8, 4) is 0 Å². The second kappa shape index (κ2) is 5.31. The Balaban J connectivity index is 1.88. The van der Waals surface area contributed by atoms with Crippen molar-refractivity contribution in [1.82, 2.24) is 4.90 Å². The van der Waals surface area contributed by atoms with Crippen LogP contribution >= 0.6 is 11.6 Å². The van der Waals surface area contributed by atoms with Gasteiger partial charge in [0.15, 0.2) is 0 Å². The van der Waals surface area contributed by atoms with Crippen LogP contribution in [0.2, 0.25) is 5.02 Å². The molecule has 1 aromatic carbocycles. The molecule has 2 bridgehead atoms. The van der Waals surface area contributed by atoms with Gasteiger partial charge in [-0.2, -0.15) is 0 Å². The number of benzene rings is 1. The smallest absolute Gasteiger partial charge is 0.0427 e. The van der Waals surface area contributed by atoms with Gasteiger partial charge in [-0.3, -0.25) is 4.90 Å². The number of nitrogens with two attached hydrogens (primary N) is 1. The number of hydrogen-bond donors (Lipinski definition) is 1. The van der Waals surface area contributed by atoms with Crippen LogP contribution in [0.5, 0.6) is 0 Å². The Bertz CT molecular complexity index is 463. The second-order valence-electron chi connectivity index (χ2n) is 5.76. The van der Waals surface area contributed by atoms with E-state index in [1.54, 1.807) is 0 Å². The molecule has 2 fully saturated rings. The van der Waals surface area contributed by atoms with Gasteiger partial charge in [-0.15, -0.1) is 0 Å². The molecule has 104 valence electrons. The Morgan fingerprint density at radius 3 is 2.84 bits per heavy atom. The van der Waals surface area contributed by atoms with E-state index in [1.807, 2.05) is 6.07 Å². The van der Waals surface area contributed by atoms with Crippen LogP contribution in [-0.2, 0) is 6.54 Å². The van der Waals surface area contributed by atoms with E-state index in [-0.39, 0.29) is 0 Å². The van der Waals surface area contributed by atoms with E-state index in [2.05, 4.69) is 29.0 Å². The van der Waals surface area contributed by atoms with Crippen LogP contribution < -0.4 is 10.6 Å². The van der Waals surface area contributed by atoms with Gasteiger partial charge >= 0.3 is 0 Å². The third kappa shape index (κ3) is 2.47. The summed E-state index contributed by atoms with van der Waals surface area (Å²) in [5.74, 6) is 0. The van der Waals surface area contributed by atoms with E-state index >= 15 is 0 Å². The third-order valence-corrected chi connectivity index (χ3v) is 4.99. The average Bonchev–Trinajstić information content (AvgIpc) is 2.63. The maximum Gasteiger partial charge on any atom is 0.0427 e. The van der Waals surface area contributed by atoms with Gasteiger partial charge in [0, 0.05) is 42.4 Å². The van der Waals surface area contributed by atoms with E-state index in [4.69, 9.17) is 17.3 Å². The highest BCUT2D eigenvalue weighted by Crippen LogP contribution is 2.33. The highest BCUT2D eigenvalue weighted by atomic mass is 35.5. The zero-order valence-electron chi connectivity index (χ0n) is 11.5. The molecule has 2 N–H and O–H groups in total. The topological polar surface area (TPSA) is 32.5 Å². The molecule has 4 heteroatoms. The van der Waals surface area contributed by atoms with Crippen molar-refractivity contribution in [2.45, 2.75) is 37.9 Å². The Morgan fingerprint density at radius 2 is 2.05 bits per heavy atom. The minimum Gasteiger partial charge on any atom is -0.370 e. The lowest BCUT2D eigenvalue weighted by Crippen LogP contribution is -2.37. The number of nitrogens with zero attached hydrogens (tertiary/aromatic N) is 2. The quantitative estimate of drug-likeness (QED) is 0.903. The largest absolute Gasteiger partial charge is 0.370 e. The lowest BCUT2D eigenvalue weighted by molar-refractivity contribution is 0.254. The molecule has 0 saturated carbocycles. The van der Waals surface area contributed by atoms with Crippen molar-refractivity contribution in [2.75, 3.05) is 25.0 Å². The van der Waals surface area contributed by atoms with Crippen LogP contribution in [0.15, 0.2) is 18.2 Å².